The van der Waals surface area contributed by atoms with Crippen molar-refractivity contribution in [3.63, 3.8) is 0 Å². The van der Waals surface area contributed by atoms with Crippen LogP contribution in [0.4, 0.5) is 0 Å². The van der Waals surface area contributed by atoms with Crippen LogP contribution in [-0.4, -0.2) is 6.66 Å². The van der Waals surface area contributed by atoms with Gasteiger partial charge in [-0.05, 0) is 60.2 Å². The lowest BCUT2D eigenvalue weighted by Gasteiger charge is -2.10. The summed E-state index contributed by atoms with van der Waals surface area (Å²) in [5.74, 6) is 0. The van der Waals surface area contributed by atoms with Gasteiger partial charge in [0.05, 0.1) is 0 Å². The third kappa shape index (κ3) is 5.45. The van der Waals surface area contributed by atoms with Gasteiger partial charge in [-0.25, -0.2) is 0 Å². The molecule has 0 bridgehead atoms. The molecule has 1 atom stereocenters. The summed E-state index contributed by atoms with van der Waals surface area (Å²) in [5, 5.41) is 2.74. The van der Waals surface area contributed by atoms with Gasteiger partial charge in [0.1, 0.15) is 0 Å². The molecule has 0 amide bonds. The highest BCUT2D eigenvalue weighted by atomic mass is 31.1. The van der Waals surface area contributed by atoms with E-state index in [2.05, 4.69) is 55.7 Å². The number of allylic oxidation sites excluding steroid dienone is 1. The van der Waals surface area contributed by atoms with Gasteiger partial charge in [0.15, 0.2) is 0 Å². The van der Waals surface area contributed by atoms with E-state index >= 15 is 0 Å². The zero-order chi connectivity index (χ0) is 17.0. The maximum absolute atomic E-state index is 3.32. The van der Waals surface area contributed by atoms with Gasteiger partial charge in [0.25, 0.3) is 0 Å². The molecule has 0 aliphatic carbocycles. The van der Waals surface area contributed by atoms with E-state index in [0.29, 0.717) is 0 Å². The average molecular weight is 314 g/mol. The lowest BCUT2D eigenvalue weighted by molar-refractivity contribution is 1.44. The fourth-order valence-electron chi connectivity index (χ4n) is 2.36. The first kappa shape index (κ1) is 20.6. The van der Waals surface area contributed by atoms with E-state index in [1.807, 2.05) is 40.7 Å². The molecule has 22 heavy (non-hydrogen) atoms. The molecule has 2 rings (SSSR count). The Morgan fingerprint density at radius 2 is 1.64 bits per heavy atom. The van der Waals surface area contributed by atoms with E-state index in [9.17, 15) is 0 Å². The van der Waals surface area contributed by atoms with Crippen LogP contribution in [0.2, 0.25) is 0 Å². The van der Waals surface area contributed by atoms with Gasteiger partial charge in [-0.3, -0.25) is 0 Å². The molecule has 0 saturated carbocycles. The van der Waals surface area contributed by atoms with Crippen LogP contribution in [0.15, 0.2) is 48.2 Å². The molecule has 120 valence electrons. The minimum atomic E-state index is 0.952. The zero-order valence-corrected chi connectivity index (χ0v) is 16.2. The number of benzene rings is 2. The number of hydrogen-bond donors (Lipinski definition) is 0. The van der Waals surface area contributed by atoms with E-state index in [1.165, 1.54) is 27.5 Å². The third-order valence-corrected chi connectivity index (χ3v) is 3.86. The number of fused-ring (bicyclic) bond motifs is 1. The van der Waals surface area contributed by atoms with Crippen molar-refractivity contribution in [1.29, 1.82) is 0 Å². The van der Waals surface area contributed by atoms with Crippen LogP contribution in [-0.2, 0) is 6.16 Å². The van der Waals surface area contributed by atoms with Crippen molar-refractivity contribution in [3.05, 3.63) is 59.3 Å². The van der Waals surface area contributed by atoms with Crippen molar-refractivity contribution < 1.29 is 0 Å². The van der Waals surface area contributed by atoms with Crippen LogP contribution in [0.3, 0.4) is 0 Å². The molecule has 0 radical (unpaired) electrons. The summed E-state index contributed by atoms with van der Waals surface area (Å²) in [6, 6.07) is 13.2. The fraction of sp³-hybridized carbons (Fsp3) is 0.381. The predicted octanol–water partition coefficient (Wildman–Crippen LogP) is 7.28. The quantitative estimate of drug-likeness (QED) is 0.412. The molecular weight excluding hydrogens is 283 g/mol. The lowest BCUT2D eigenvalue weighted by Crippen LogP contribution is -1.88. The number of rotatable bonds is 3. The molecule has 0 fully saturated rings. The lowest BCUT2D eigenvalue weighted by atomic mass is 9.96. The first-order chi connectivity index (χ1) is 10.8. The van der Waals surface area contributed by atoms with Crippen LogP contribution in [0.1, 0.15) is 52.7 Å². The first-order valence-corrected chi connectivity index (χ1v) is 10.0. The Kier molecular flexibility index (Phi) is 11.5. The molecule has 0 heterocycles. The van der Waals surface area contributed by atoms with Crippen LogP contribution >= 0.6 is 8.58 Å². The van der Waals surface area contributed by atoms with Crippen LogP contribution < -0.4 is 0 Å². The average Bonchev–Trinajstić information content (AvgIpc) is 2.59. The molecule has 0 spiro atoms. The molecule has 1 unspecified atom stereocenters. The standard InChI is InChI=1S/C17H19P.2C2H6/c1-4-7-13(2)16-11-6-9-14-8-5-10-15(12-18-3)17(14)16;2*1-2/h4-6,8-11,18H,12H2,1-3H3;2*1-2H3. The molecule has 0 aliphatic heterocycles. The molecular formula is C21H31P. The molecule has 0 saturated heterocycles. The predicted molar refractivity (Wildman–Crippen MR) is 107 cm³/mol. The Morgan fingerprint density at radius 3 is 2.18 bits per heavy atom. The minimum absolute atomic E-state index is 0.952. The second-order valence-electron chi connectivity index (χ2n) is 4.41. The topological polar surface area (TPSA) is 0 Å². The molecule has 2 aromatic carbocycles. The highest BCUT2D eigenvalue weighted by Crippen LogP contribution is 2.30. The summed E-state index contributed by atoms with van der Waals surface area (Å²) in [4.78, 5) is 0. The van der Waals surface area contributed by atoms with Crippen LogP contribution in [0.5, 0.6) is 0 Å². The van der Waals surface area contributed by atoms with Gasteiger partial charge in [0, 0.05) is 0 Å². The van der Waals surface area contributed by atoms with E-state index in [0.717, 1.165) is 14.7 Å². The van der Waals surface area contributed by atoms with E-state index < -0.39 is 0 Å². The van der Waals surface area contributed by atoms with Crippen molar-refractivity contribution in [2.45, 2.75) is 47.7 Å². The number of hydrogen-bond acceptors (Lipinski definition) is 0. The van der Waals surface area contributed by atoms with Gasteiger partial charge >= 0.3 is 0 Å². The van der Waals surface area contributed by atoms with Crippen molar-refractivity contribution in [2.75, 3.05) is 6.66 Å². The highest BCUT2D eigenvalue weighted by molar-refractivity contribution is 7.36. The second-order valence-corrected chi connectivity index (χ2v) is 5.47. The fourth-order valence-corrected chi connectivity index (χ4v) is 3.04. The van der Waals surface area contributed by atoms with Crippen molar-refractivity contribution in [1.82, 2.24) is 0 Å². The third-order valence-electron chi connectivity index (χ3n) is 3.12. The van der Waals surface area contributed by atoms with Gasteiger partial charge < -0.3 is 0 Å². The summed E-state index contributed by atoms with van der Waals surface area (Å²) in [7, 11) is 0.952. The Morgan fingerprint density at radius 1 is 1.05 bits per heavy atom. The SMILES string of the molecule is CC.CC.CC=C=C(C)c1cccc2cccc(CPC)c12. The minimum Gasteiger partial charge on any atom is -0.122 e. The van der Waals surface area contributed by atoms with E-state index in [1.54, 1.807) is 0 Å². The van der Waals surface area contributed by atoms with Crippen molar-refractivity contribution in [2.24, 2.45) is 0 Å². The van der Waals surface area contributed by atoms with E-state index in [4.69, 9.17) is 0 Å². The molecule has 1 heteroatoms. The van der Waals surface area contributed by atoms with Crippen LogP contribution in [0, 0.1) is 0 Å². The van der Waals surface area contributed by atoms with Gasteiger partial charge in [0.2, 0.25) is 0 Å². The van der Waals surface area contributed by atoms with Crippen molar-refractivity contribution >= 4 is 24.9 Å². The van der Waals surface area contributed by atoms with E-state index in [-0.39, 0.29) is 0 Å². The van der Waals surface area contributed by atoms with Gasteiger partial charge in [-0.15, -0.1) is 14.3 Å². The summed E-state index contributed by atoms with van der Waals surface area (Å²) >= 11 is 0. The Balaban J connectivity index is 0.00000102. The summed E-state index contributed by atoms with van der Waals surface area (Å²) in [5.41, 5.74) is 7.31. The monoisotopic (exact) mass is 314 g/mol. The maximum atomic E-state index is 3.32. The smallest absolute Gasteiger partial charge is 0.00161 e. The Bertz CT molecular complexity index is 612. The highest BCUT2D eigenvalue weighted by Gasteiger charge is 2.06. The first-order valence-electron chi connectivity index (χ1n) is 8.31. The largest absolute Gasteiger partial charge is 0.122 e. The van der Waals surface area contributed by atoms with Crippen LogP contribution in [0.25, 0.3) is 16.3 Å². The van der Waals surface area contributed by atoms with Gasteiger partial charge in [-0.1, -0.05) is 64.1 Å². The van der Waals surface area contributed by atoms with Crippen molar-refractivity contribution in [3.8, 4) is 0 Å². The second kappa shape index (κ2) is 12.2. The summed E-state index contributed by atoms with van der Waals surface area (Å²) < 4.78 is 0. The maximum Gasteiger partial charge on any atom is -0.00161 e. The summed E-state index contributed by atoms with van der Waals surface area (Å²) in [6.07, 6.45) is 3.15. The Labute approximate surface area is 139 Å². The molecule has 0 aromatic heterocycles. The summed E-state index contributed by atoms with van der Waals surface area (Å²) in [6.45, 7) is 14.4. The van der Waals surface area contributed by atoms with Gasteiger partial charge in [-0.2, -0.15) is 0 Å². The molecule has 0 aliphatic rings. The Hall–Kier alpha value is -1.35. The molecule has 0 nitrogen and oxygen atoms in total. The normalized spacial score (nSPS) is 9.41. The molecule has 0 N–H and O–H groups in total. The zero-order valence-electron chi connectivity index (χ0n) is 15.2. The molecule has 2 aromatic rings.